The summed E-state index contributed by atoms with van der Waals surface area (Å²) in [5.41, 5.74) is -0.256. The normalized spacial score (nSPS) is 10.2. The number of hydrogen-bond donors (Lipinski definition) is 2. The Morgan fingerprint density at radius 1 is 1.13 bits per heavy atom. The first-order valence-corrected chi connectivity index (χ1v) is 4.73. The Bertz CT molecular complexity index is 586. The molecule has 2 rings (SSSR count). The molecule has 0 fully saturated rings. The molecular formula is C10H8N2O2S. The highest BCUT2D eigenvalue weighted by Crippen LogP contribution is 2.04. The maximum atomic E-state index is 11.5. The number of rotatable bonds is 1. The molecule has 0 unspecified atom stereocenters. The Kier molecular flexibility index (Phi) is 2.47. The van der Waals surface area contributed by atoms with Gasteiger partial charge in [0, 0.05) is 6.20 Å². The van der Waals surface area contributed by atoms with Gasteiger partial charge in [-0.1, -0.05) is 18.2 Å². The minimum Gasteiger partial charge on any atom is -0.273 e. The summed E-state index contributed by atoms with van der Waals surface area (Å²) < 4.78 is 1.34. The van der Waals surface area contributed by atoms with Gasteiger partial charge in [0.15, 0.2) is 0 Å². The van der Waals surface area contributed by atoms with Crippen LogP contribution in [0.2, 0.25) is 0 Å². The van der Waals surface area contributed by atoms with Crippen LogP contribution < -0.4 is 11.2 Å². The van der Waals surface area contributed by atoms with Crippen molar-refractivity contribution in [3.05, 3.63) is 57.4 Å². The van der Waals surface area contributed by atoms with Crippen molar-refractivity contribution in [1.29, 1.82) is 0 Å². The fourth-order valence-electron chi connectivity index (χ4n) is 1.24. The predicted octanol–water partition coefficient (Wildman–Crippen LogP) is 0.814. The first-order chi connectivity index (χ1) is 7.18. The van der Waals surface area contributed by atoms with Gasteiger partial charge in [-0.05, 0) is 12.1 Å². The quantitative estimate of drug-likeness (QED) is 0.699. The van der Waals surface area contributed by atoms with Crippen LogP contribution in [0.15, 0.2) is 51.0 Å². The summed E-state index contributed by atoms with van der Waals surface area (Å²) in [6.07, 6.45) is 1.40. The van der Waals surface area contributed by atoms with E-state index >= 15 is 0 Å². The minimum atomic E-state index is -0.476. The molecule has 1 N–H and O–H groups in total. The second-order valence-electron chi connectivity index (χ2n) is 2.98. The first kappa shape index (κ1) is 9.79. The van der Waals surface area contributed by atoms with Crippen molar-refractivity contribution in [3.8, 4) is 5.69 Å². The van der Waals surface area contributed by atoms with Gasteiger partial charge in [0.2, 0.25) is 0 Å². The number of thiol groups is 1. The van der Waals surface area contributed by atoms with Crippen molar-refractivity contribution >= 4 is 12.6 Å². The third kappa shape index (κ3) is 1.87. The van der Waals surface area contributed by atoms with Gasteiger partial charge in [-0.2, -0.15) is 0 Å². The zero-order valence-corrected chi connectivity index (χ0v) is 8.57. The van der Waals surface area contributed by atoms with E-state index in [-0.39, 0.29) is 4.90 Å². The lowest BCUT2D eigenvalue weighted by Crippen LogP contribution is -2.28. The number of benzene rings is 1. The molecule has 0 saturated carbocycles. The zero-order chi connectivity index (χ0) is 10.8. The molecule has 2 aromatic rings. The third-order valence-electron chi connectivity index (χ3n) is 1.96. The van der Waals surface area contributed by atoms with Crippen LogP contribution in [0.1, 0.15) is 0 Å². The van der Waals surface area contributed by atoms with E-state index in [9.17, 15) is 9.59 Å². The van der Waals surface area contributed by atoms with Crippen molar-refractivity contribution in [1.82, 2.24) is 9.55 Å². The van der Waals surface area contributed by atoms with Crippen molar-refractivity contribution in [2.45, 2.75) is 4.90 Å². The highest BCUT2D eigenvalue weighted by atomic mass is 32.1. The number of aromatic amines is 1. The lowest BCUT2D eigenvalue weighted by atomic mass is 10.3. The average Bonchev–Trinajstić information content (AvgIpc) is 2.25. The lowest BCUT2D eigenvalue weighted by molar-refractivity contribution is 0.859. The van der Waals surface area contributed by atoms with Crippen molar-refractivity contribution in [2.75, 3.05) is 0 Å². The van der Waals surface area contributed by atoms with Crippen LogP contribution in [0.5, 0.6) is 0 Å². The minimum absolute atomic E-state index is 0.207. The molecule has 0 aliphatic carbocycles. The maximum Gasteiger partial charge on any atom is 0.332 e. The van der Waals surface area contributed by atoms with Crippen molar-refractivity contribution in [3.63, 3.8) is 0 Å². The molecule has 0 aliphatic heterocycles. The Balaban J connectivity index is 2.70. The molecule has 1 heterocycles. The van der Waals surface area contributed by atoms with Gasteiger partial charge in [0.05, 0.1) is 10.6 Å². The fraction of sp³-hybridized carbons (Fsp3) is 0. The Labute approximate surface area is 90.6 Å². The Hall–Kier alpha value is -1.75. The largest absolute Gasteiger partial charge is 0.332 e. The molecule has 4 nitrogen and oxygen atoms in total. The zero-order valence-electron chi connectivity index (χ0n) is 7.68. The predicted molar refractivity (Wildman–Crippen MR) is 59.9 cm³/mol. The summed E-state index contributed by atoms with van der Waals surface area (Å²) >= 11 is 3.96. The van der Waals surface area contributed by atoms with Gasteiger partial charge in [0.1, 0.15) is 0 Å². The van der Waals surface area contributed by atoms with Crippen LogP contribution in [-0.2, 0) is 0 Å². The van der Waals surface area contributed by atoms with E-state index in [0.29, 0.717) is 5.69 Å². The van der Waals surface area contributed by atoms with Gasteiger partial charge >= 0.3 is 5.69 Å². The second-order valence-corrected chi connectivity index (χ2v) is 3.46. The summed E-state index contributed by atoms with van der Waals surface area (Å²) in [7, 11) is 0. The van der Waals surface area contributed by atoms with Crippen LogP contribution in [0.4, 0.5) is 0 Å². The monoisotopic (exact) mass is 220 g/mol. The number of hydrogen-bond acceptors (Lipinski definition) is 3. The van der Waals surface area contributed by atoms with Crippen LogP contribution in [-0.4, -0.2) is 9.55 Å². The molecule has 1 aromatic heterocycles. The SMILES string of the molecule is O=c1[nH]c(=O)n(-c2ccccc2)cc1S. The van der Waals surface area contributed by atoms with Gasteiger partial charge in [-0.3, -0.25) is 14.3 Å². The molecule has 0 spiro atoms. The van der Waals surface area contributed by atoms with E-state index < -0.39 is 11.2 Å². The van der Waals surface area contributed by atoms with Crippen LogP contribution >= 0.6 is 12.6 Å². The topological polar surface area (TPSA) is 54.9 Å². The van der Waals surface area contributed by atoms with Gasteiger partial charge in [-0.25, -0.2) is 4.79 Å². The highest BCUT2D eigenvalue weighted by molar-refractivity contribution is 7.80. The summed E-state index contributed by atoms with van der Waals surface area (Å²) in [6.45, 7) is 0. The third-order valence-corrected chi connectivity index (χ3v) is 2.28. The van der Waals surface area contributed by atoms with Crippen LogP contribution in [0, 0.1) is 0 Å². The Morgan fingerprint density at radius 3 is 2.47 bits per heavy atom. The van der Waals surface area contributed by atoms with E-state index in [0.717, 1.165) is 0 Å². The van der Waals surface area contributed by atoms with Gasteiger partial charge in [-0.15, -0.1) is 12.6 Å². The number of para-hydroxylation sites is 1. The molecule has 5 heteroatoms. The molecule has 0 atom stereocenters. The van der Waals surface area contributed by atoms with E-state index in [4.69, 9.17) is 0 Å². The Morgan fingerprint density at radius 2 is 1.80 bits per heavy atom. The molecule has 0 bridgehead atoms. The summed E-state index contributed by atoms with van der Waals surface area (Å²) in [4.78, 5) is 24.9. The highest BCUT2D eigenvalue weighted by Gasteiger charge is 2.02. The first-order valence-electron chi connectivity index (χ1n) is 4.29. The average molecular weight is 220 g/mol. The van der Waals surface area contributed by atoms with Crippen LogP contribution in [0.3, 0.4) is 0 Å². The summed E-state index contributed by atoms with van der Waals surface area (Å²) in [5, 5.41) is 0. The van der Waals surface area contributed by atoms with Gasteiger partial charge < -0.3 is 0 Å². The molecule has 1 aromatic carbocycles. The van der Waals surface area contributed by atoms with E-state index in [1.54, 1.807) is 12.1 Å². The van der Waals surface area contributed by atoms with E-state index in [2.05, 4.69) is 17.6 Å². The number of nitrogens with one attached hydrogen (secondary N) is 1. The van der Waals surface area contributed by atoms with Gasteiger partial charge in [0.25, 0.3) is 5.56 Å². The smallest absolute Gasteiger partial charge is 0.273 e. The summed E-state index contributed by atoms with van der Waals surface area (Å²) in [5.74, 6) is 0. The molecule has 0 saturated heterocycles. The molecule has 15 heavy (non-hydrogen) atoms. The van der Waals surface area contributed by atoms with Crippen molar-refractivity contribution in [2.24, 2.45) is 0 Å². The summed E-state index contributed by atoms with van der Waals surface area (Å²) in [6, 6.07) is 9.01. The number of aromatic nitrogens is 2. The standard InChI is InChI=1S/C10H8N2O2S/c13-9-8(15)6-12(10(14)11-9)7-4-2-1-3-5-7/h1-6,15H,(H,11,13,14). The van der Waals surface area contributed by atoms with Crippen LogP contribution in [0.25, 0.3) is 5.69 Å². The van der Waals surface area contributed by atoms with E-state index in [1.807, 2.05) is 18.2 Å². The number of nitrogens with zero attached hydrogens (tertiary/aromatic N) is 1. The molecule has 0 radical (unpaired) electrons. The second kappa shape index (κ2) is 3.78. The maximum absolute atomic E-state index is 11.5. The fourth-order valence-corrected chi connectivity index (χ4v) is 1.41. The molecule has 0 aliphatic rings. The lowest BCUT2D eigenvalue weighted by Gasteiger charge is -2.04. The molecular weight excluding hydrogens is 212 g/mol. The van der Waals surface area contributed by atoms with E-state index in [1.165, 1.54) is 10.8 Å². The molecule has 76 valence electrons. The number of H-pyrrole nitrogens is 1. The molecule has 0 amide bonds. The van der Waals surface area contributed by atoms with Crippen molar-refractivity contribution < 1.29 is 0 Å².